The standard InChI is InChI=1S/C53H41BN2S.2C42H37BN2/c1-31-16-20-38(21-17-31)55-46-13-7-14-47-51(46)54(43-23-19-34(29-48(43)55)35-18-22-40-39-8-2-5-15-49(39)57-50(40)30-35)44-11-6-10-42-52(44)56(47)45-12-4-3-9-41(45)53(42)36-25-32-24-33(27-36)28-37(53)26-32;1-25-13-16-31(17-14-25)44-37-11-6-12-38-40(37)43(34-18-15-26(2)19-39(34)44)35-9-5-8-33-41(35)45(38)36-10-4-3-7-32(36)42(33)29-21-27-20-28(23-29)24-30(42)22-27;1-25-13-16-31(17-14-25)44-37-18-15-26(2)19-35(37)43-34-9-5-8-33-41(34)45(39-12-6-11-38(44)40(39)43)36-10-4-3-7-32(36)42(33)29-21-27-20-28(23-29)24-30(42)22-27/h2-23,29-30,32-33,36-37H,24-28H2,1H3;2*3-19,27-30H,20-24H2,1-2H3. The van der Waals surface area contributed by atoms with Crippen LogP contribution >= 0.6 is 11.3 Å². The van der Waals surface area contributed by atoms with Gasteiger partial charge in [-0.15, -0.1) is 11.3 Å². The van der Waals surface area contributed by atoms with Gasteiger partial charge < -0.3 is 29.4 Å². The maximum Gasteiger partial charge on any atom is 0.252 e. The fourth-order valence-corrected chi connectivity index (χ4v) is 38.0. The molecule has 1 aromatic heterocycles. The molecule has 708 valence electrons. The Morgan fingerprint density at radius 3 is 0.918 bits per heavy atom. The Balaban J connectivity index is 0.0000000955. The number of rotatable bonds is 4. The second-order valence-corrected chi connectivity index (χ2v) is 49.5. The lowest BCUT2D eigenvalue weighted by molar-refractivity contribution is -0.0419. The van der Waals surface area contributed by atoms with Crippen molar-refractivity contribution in [2.45, 2.75) is 147 Å². The van der Waals surface area contributed by atoms with Crippen LogP contribution in [0.15, 0.2) is 352 Å². The molecule has 3 spiro atoms. The highest BCUT2D eigenvalue weighted by Gasteiger charge is 2.67. The molecule has 17 aromatic carbocycles. The average molecular weight is 1910 g/mol. The highest BCUT2D eigenvalue weighted by molar-refractivity contribution is 7.25. The van der Waals surface area contributed by atoms with Crippen LogP contribution in [0.1, 0.15) is 158 Å². The van der Waals surface area contributed by atoms with E-state index in [9.17, 15) is 0 Å². The molecule has 12 saturated carbocycles. The number of hydrogen-bond donors (Lipinski definition) is 0. The van der Waals surface area contributed by atoms with Gasteiger partial charge in [-0.05, 0) is 423 Å². The third kappa shape index (κ3) is 11.1. The molecule has 0 saturated heterocycles. The molecule has 0 N–H and O–H groups in total. The van der Waals surface area contributed by atoms with Crippen LogP contribution in [0.25, 0.3) is 31.3 Å². The van der Waals surface area contributed by atoms with Crippen LogP contribution in [0, 0.1) is 106 Å². The first-order valence-corrected chi connectivity index (χ1v) is 56.5. The lowest BCUT2D eigenvalue weighted by atomic mass is 9.32. The molecule has 0 unspecified atom stereocenters. The van der Waals surface area contributed by atoms with Crippen molar-refractivity contribution in [1.29, 1.82) is 0 Å². The van der Waals surface area contributed by atoms with Gasteiger partial charge in [0.15, 0.2) is 0 Å². The van der Waals surface area contributed by atoms with Gasteiger partial charge in [0.1, 0.15) is 0 Å². The van der Waals surface area contributed by atoms with E-state index in [1.165, 1.54) is 307 Å². The van der Waals surface area contributed by atoms with E-state index in [-0.39, 0.29) is 36.4 Å². The van der Waals surface area contributed by atoms with Crippen molar-refractivity contribution in [2.75, 3.05) is 29.4 Å². The maximum atomic E-state index is 2.71. The zero-order chi connectivity index (χ0) is 96.4. The van der Waals surface area contributed by atoms with Crippen molar-refractivity contribution in [3.63, 3.8) is 0 Å². The first-order valence-electron chi connectivity index (χ1n) is 55.7. The van der Waals surface area contributed by atoms with Crippen molar-refractivity contribution in [2.24, 2.45) is 71.0 Å². The topological polar surface area (TPSA) is 19.4 Å². The van der Waals surface area contributed by atoms with Gasteiger partial charge in [0, 0.05) is 122 Å². The molecule has 10 heteroatoms. The normalized spacial score (nSPS) is 26.1. The first-order chi connectivity index (χ1) is 72.3. The van der Waals surface area contributed by atoms with Gasteiger partial charge in [0.25, 0.3) is 20.1 Å². The van der Waals surface area contributed by atoms with Crippen LogP contribution < -0.4 is 78.6 Å². The summed E-state index contributed by atoms with van der Waals surface area (Å²) in [6.07, 6.45) is 21.2. The maximum absolute atomic E-state index is 2.71. The summed E-state index contributed by atoms with van der Waals surface area (Å²) >= 11 is 1.90. The number of para-hydroxylation sites is 6. The van der Waals surface area contributed by atoms with E-state index >= 15 is 0 Å². The molecule has 0 atom stereocenters. The van der Waals surface area contributed by atoms with Crippen molar-refractivity contribution in [1.82, 2.24) is 0 Å². The van der Waals surface area contributed by atoms with Gasteiger partial charge in [-0.2, -0.15) is 0 Å². The van der Waals surface area contributed by atoms with Gasteiger partial charge >= 0.3 is 0 Å². The van der Waals surface area contributed by atoms with E-state index in [2.05, 4.69) is 416 Å². The van der Waals surface area contributed by atoms with Gasteiger partial charge in [0.2, 0.25) is 0 Å². The minimum Gasteiger partial charge on any atom is -0.311 e. The Bertz CT molecular complexity index is 8680. The van der Waals surface area contributed by atoms with Crippen molar-refractivity contribution < 1.29 is 0 Å². The van der Waals surface area contributed by atoms with E-state index in [1.54, 1.807) is 33.4 Å². The summed E-state index contributed by atoms with van der Waals surface area (Å²) in [6.45, 7) is 11.6. The molecule has 39 rings (SSSR count). The van der Waals surface area contributed by atoms with Gasteiger partial charge in [-0.25, -0.2) is 0 Å². The number of fused-ring (bicyclic) bond motifs is 21. The van der Waals surface area contributed by atoms with Crippen LogP contribution in [0.2, 0.25) is 0 Å². The fraction of sp³-hybridized carbons (Fsp3) is 0.255. The van der Waals surface area contributed by atoms with Crippen molar-refractivity contribution in [3.05, 3.63) is 413 Å². The summed E-state index contributed by atoms with van der Waals surface area (Å²) < 4.78 is 2.70. The van der Waals surface area contributed by atoms with E-state index in [0.717, 1.165) is 59.2 Å². The van der Waals surface area contributed by atoms with Crippen LogP contribution in [-0.4, -0.2) is 20.1 Å². The molecule has 12 fully saturated rings. The lowest BCUT2D eigenvalue weighted by Crippen LogP contribution is -2.64. The molecule has 12 aliphatic carbocycles. The molecule has 0 radical (unpaired) electrons. The molecule has 21 aliphatic rings. The quantitative estimate of drug-likeness (QED) is 0.162. The zero-order valence-electron chi connectivity index (χ0n) is 84.3. The molecule has 6 nitrogen and oxygen atoms in total. The summed E-state index contributed by atoms with van der Waals surface area (Å²) in [7, 11) is 0. The summed E-state index contributed by atoms with van der Waals surface area (Å²) in [6, 6.07) is 137. The molecule has 147 heavy (non-hydrogen) atoms. The number of anilines is 18. The van der Waals surface area contributed by atoms with Crippen molar-refractivity contribution >= 4 is 203 Å². The number of aryl methyl sites for hydroxylation is 5. The number of nitrogens with zero attached hydrogens (tertiary/aromatic N) is 6. The molecular formula is C137H115B3N6S. The predicted molar refractivity (Wildman–Crippen MR) is 617 cm³/mol. The smallest absolute Gasteiger partial charge is 0.252 e. The van der Waals surface area contributed by atoms with Gasteiger partial charge in [-0.1, -0.05) is 253 Å². The number of hydrogen-bond acceptors (Lipinski definition) is 7. The summed E-state index contributed by atoms with van der Waals surface area (Å²) in [5.41, 5.74) is 56.3. The van der Waals surface area contributed by atoms with E-state index in [1.807, 2.05) is 11.3 Å². The molecule has 12 bridgehead atoms. The van der Waals surface area contributed by atoms with E-state index in [0.29, 0.717) is 11.8 Å². The summed E-state index contributed by atoms with van der Waals surface area (Å²) in [4.78, 5) is 15.7. The zero-order valence-corrected chi connectivity index (χ0v) is 85.2. The second kappa shape index (κ2) is 30.4. The monoisotopic (exact) mass is 1910 g/mol. The largest absolute Gasteiger partial charge is 0.311 e. The Kier molecular flexibility index (Phi) is 17.4. The molecular weight excluding hydrogens is 1790 g/mol. The average Bonchev–Trinajstić information content (AvgIpc) is 0.816. The summed E-state index contributed by atoms with van der Waals surface area (Å²) in [5, 5.41) is 2.70. The van der Waals surface area contributed by atoms with E-state index in [4.69, 9.17) is 0 Å². The summed E-state index contributed by atoms with van der Waals surface area (Å²) in [5.74, 6) is 9.99. The van der Waals surface area contributed by atoms with Gasteiger partial charge in [-0.3, -0.25) is 0 Å². The predicted octanol–water partition coefficient (Wildman–Crippen LogP) is 29.1. The van der Waals surface area contributed by atoms with Crippen molar-refractivity contribution in [3.8, 4) is 11.1 Å². The number of thiophene rings is 1. The first kappa shape index (κ1) is 84.1. The third-order valence-corrected chi connectivity index (χ3v) is 42.5. The minimum atomic E-state index is 0.0848. The molecule has 0 amide bonds. The highest BCUT2D eigenvalue weighted by atomic mass is 32.1. The second-order valence-electron chi connectivity index (χ2n) is 48.5. The van der Waals surface area contributed by atoms with Crippen LogP contribution in [0.3, 0.4) is 0 Å². The Hall–Kier alpha value is -14.0. The Morgan fingerprint density at radius 2 is 0.503 bits per heavy atom. The van der Waals surface area contributed by atoms with Crippen LogP contribution in [0.4, 0.5) is 102 Å². The SMILES string of the molecule is Cc1ccc(N2c3cc(-c4ccc5c(c4)sc4ccccc45)ccc3B3c4cccc5c4N(c4ccccc4C54C5CC6CC(C5)CC4C6)c4cccc2c43)cc1.Cc1ccc(N2c3cc(C)ccc3B3c4cccc5c4N(c4ccccc4C54C5CC6CC(C5)CC4C6)c4cccc2c43)cc1.Cc1ccc(N2c3ccc(C)cc3B3c4cccc5c4N(c4ccccc4C54C5CC6CC(C5)CC4C6)c4cccc2c43)cc1. The van der Waals surface area contributed by atoms with Crippen LogP contribution in [0.5, 0.6) is 0 Å². The molecule has 10 heterocycles. The minimum absolute atomic E-state index is 0.0848. The van der Waals surface area contributed by atoms with Crippen LogP contribution in [-0.2, 0) is 16.2 Å². The fourth-order valence-electron chi connectivity index (χ4n) is 36.8. The Labute approximate surface area is 868 Å². The lowest BCUT2D eigenvalue weighted by Gasteiger charge is -2.64. The molecule has 9 aliphatic heterocycles. The number of benzene rings is 17. The molecule has 18 aromatic rings. The highest BCUT2D eigenvalue weighted by Crippen LogP contribution is 2.75. The Morgan fingerprint density at radius 1 is 0.204 bits per heavy atom. The van der Waals surface area contributed by atoms with E-state index < -0.39 is 0 Å². The van der Waals surface area contributed by atoms with Gasteiger partial charge in [0.05, 0.1) is 17.1 Å². The third-order valence-electron chi connectivity index (χ3n) is 41.3.